The molecule has 2 aromatic rings. The van der Waals surface area contributed by atoms with Crippen LogP contribution in [0.1, 0.15) is 23.9 Å². The van der Waals surface area contributed by atoms with Crippen LogP contribution in [0.15, 0.2) is 29.2 Å². The molecule has 174 valence electrons. The van der Waals surface area contributed by atoms with Crippen LogP contribution < -0.4 is 4.90 Å². The van der Waals surface area contributed by atoms with E-state index in [0.29, 0.717) is 19.5 Å². The highest BCUT2D eigenvalue weighted by Gasteiger charge is 2.36. The van der Waals surface area contributed by atoms with Crippen LogP contribution in [0.4, 0.5) is 11.4 Å². The van der Waals surface area contributed by atoms with Gasteiger partial charge in [0, 0.05) is 32.2 Å². The second kappa shape index (κ2) is 8.12. The van der Waals surface area contributed by atoms with E-state index in [1.165, 1.54) is 28.6 Å². The molecule has 1 atom stereocenters. The van der Waals surface area contributed by atoms with Gasteiger partial charge in [-0.05, 0) is 26.3 Å². The molecule has 0 N–H and O–H groups in total. The lowest BCUT2D eigenvalue weighted by atomic mass is 10.2. The van der Waals surface area contributed by atoms with E-state index in [1.54, 1.807) is 4.68 Å². The number of aromatic nitrogens is 2. The normalized spacial score (nSPS) is 21.7. The van der Waals surface area contributed by atoms with Crippen molar-refractivity contribution in [1.82, 2.24) is 14.1 Å². The molecule has 13 heteroatoms. The zero-order chi connectivity index (χ0) is 23.3. The highest BCUT2D eigenvalue weighted by atomic mass is 32.2. The van der Waals surface area contributed by atoms with Crippen molar-refractivity contribution in [3.8, 4) is 0 Å². The van der Waals surface area contributed by atoms with Gasteiger partial charge in [0.1, 0.15) is 0 Å². The van der Waals surface area contributed by atoms with Crippen LogP contribution in [0.3, 0.4) is 0 Å². The second-order valence-corrected chi connectivity index (χ2v) is 12.3. The van der Waals surface area contributed by atoms with Crippen molar-refractivity contribution in [2.75, 3.05) is 42.6 Å². The third kappa shape index (κ3) is 3.99. The van der Waals surface area contributed by atoms with Gasteiger partial charge in [0.15, 0.2) is 14.7 Å². The zero-order valence-electron chi connectivity index (χ0n) is 17.8. The minimum absolute atomic E-state index is 0.0796. The average Bonchev–Trinajstić information content (AvgIpc) is 3.26. The maximum Gasteiger partial charge on any atom is 0.289 e. The molecule has 2 aliphatic rings. The molecule has 0 amide bonds. The molecule has 2 aliphatic heterocycles. The van der Waals surface area contributed by atoms with Gasteiger partial charge in [-0.2, -0.15) is 9.40 Å². The van der Waals surface area contributed by atoms with Crippen LogP contribution in [0, 0.1) is 24.0 Å². The molecule has 1 aromatic carbocycles. The van der Waals surface area contributed by atoms with Crippen molar-refractivity contribution in [3.05, 3.63) is 45.8 Å². The largest absolute Gasteiger partial charge is 0.366 e. The Kier molecular flexibility index (Phi) is 5.75. The van der Waals surface area contributed by atoms with E-state index in [9.17, 15) is 26.9 Å². The van der Waals surface area contributed by atoms with E-state index in [2.05, 4.69) is 5.10 Å². The summed E-state index contributed by atoms with van der Waals surface area (Å²) in [6.45, 7) is 4.91. The number of nitro groups is 1. The standard InChI is InChI=1S/C19H25N5O6S2/c1-14-19(15(2)23(20-14)16-7-12-31(27,28)13-16)21-8-10-22(11-9-21)32(29,30)18-6-4-3-5-17(18)24(25)26/h3-6,16H,7-13H2,1-2H3. The van der Waals surface area contributed by atoms with Crippen molar-refractivity contribution in [1.29, 1.82) is 0 Å². The van der Waals surface area contributed by atoms with E-state index in [-0.39, 0.29) is 35.5 Å². The monoisotopic (exact) mass is 483 g/mol. The summed E-state index contributed by atoms with van der Waals surface area (Å²) in [6, 6.07) is 5.17. The number of benzene rings is 1. The number of nitro benzene ring substituents is 1. The van der Waals surface area contributed by atoms with Crippen LogP contribution >= 0.6 is 0 Å². The Morgan fingerprint density at radius 3 is 2.38 bits per heavy atom. The van der Waals surface area contributed by atoms with Crippen molar-refractivity contribution in [3.63, 3.8) is 0 Å². The number of aryl methyl sites for hydroxylation is 1. The summed E-state index contributed by atoms with van der Waals surface area (Å²) in [7, 11) is -7.05. The van der Waals surface area contributed by atoms with Gasteiger partial charge in [0.05, 0.1) is 39.5 Å². The van der Waals surface area contributed by atoms with E-state index < -0.39 is 30.5 Å². The van der Waals surface area contributed by atoms with E-state index in [4.69, 9.17) is 0 Å². The number of piperazine rings is 1. The fourth-order valence-corrected chi connectivity index (χ4v) is 7.82. The summed E-state index contributed by atoms with van der Waals surface area (Å²) in [5, 5.41) is 15.9. The molecular weight excluding hydrogens is 458 g/mol. The number of sulfonamides is 1. The van der Waals surface area contributed by atoms with Crippen LogP contribution in [-0.4, -0.2) is 73.5 Å². The third-order valence-electron chi connectivity index (χ3n) is 6.08. The SMILES string of the molecule is Cc1nn(C2CCS(=O)(=O)C2)c(C)c1N1CCN(S(=O)(=O)c2ccccc2[N+](=O)[O-])CC1. The lowest BCUT2D eigenvalue weighted by molar-refractivity contribution is -0.387. The predicted molar refractivity (Wildman–Crippen MR) is 118 cm³/mol. The van der Waals surface area contributed by atoms with E-state index in [1.807, 2.05) is 18.7 Å². The number of anilines is 1. The number of para-hydroxylation sites is 1. The zero-order valence-corrected chi connectivity index (χ0v) is 19.5. The number of hydrogen-bond donors (Lipinski definition) is 0. The van der Waals surface area contributed by atoms with E-state index >= 15 is 0 Å². The summed E-state index contributed by atoms with van der Waals surface area (Å²) in [5.74, 6) is 0.240. The van der Waals surface area contributed by atoms with Crippen molar-refractivity contribution in [2.45, 2.75) is 31.2 Å². The molecular formula is C19H25N5O6S2. The minimum Gasteiger partial charge on any atom is -0.366 e. The van der Waals surface area contributed by atoms with Crippen molar-refractivity contribution in [2.24, 2.45) is 0 Å². The summed E-state index contributed by atoms with van der Waals surface area (Å²) in [4.78, 5) is 12.3. The quantitative estimate of drug-likeness (QED) is 0.458. The fraction of sp³-hybridized carbons (Fsp3) is 0.526. The molecule has 3 heterocycles. The molecule has 4 rings (SSSR count). The molecule has 0 bridgehead atoms. The fourth-order valence-electron chi connectivity index (χ4n) is 4.55. The smallest absolute Gasteiger partial charge is 0.289 e. The number of nitrogens with zero attached hydrogens (tertiary/aromatic N) is 5. The van der Waals surface area contributed by atoms with Crippen molar-refractivity contribution < 1.29 is 21.8 Å². The summed E-state index contributed by atoms with van der Waals surface area (Å²) in [6.07, 6.45) is 0.533. The molecule has 32 heavy (non-hydrogen) atoms. The Balaban J connectivity index is 1.53. The van der Waals surface area contributed by atoms with Crippen LogP contribution in [-0.2, 0) is 19.9 Å². The average molecular weight is 484 g/mol. The van der Waals surface area contributed by atoms with Gasteiger partial charge in [0.2, 0.25) is 10.0 Å². The Labute approximate surface area is 186 Å². The molecule has 0 aliphatic carbocycles. The summed E-state index contributed by atoms with van der Waals surface area (Å²) in [5.41, 5.74) is 2.08. The van der Waals surface area contributed by atoms with Gasteiger partial charge in [-0.15, -0.1) is 0 Å². The van der Waals surface area contributed by atoms with Gasteiger partial charge in [-0.25, -0.2) is 16.8 Å². The molecule has 1 unspecified atom stereocenters. The minimum atomic E-state index is -4.01. The van der Waals surface area contributed by atoms with Crippen molar-refractivity contribution >= 4 is 31.2 Å². The first-order valence-corrected chi connectivity index (χ1v) is 13.5. The molecule has 0 radical (unpaired) electrons. The highest BCUT2D eigenvalue weighted by Crippen LogP contribution is 2.33. The molecule has 1 aromatic heterocycles. The number of sulfone groups is 1. The first kappa shape index (κ1) is 22.7. The number of hydrogen-bond acceptors (Lipinski definition) is 8. The van der Waals surface area contributed by atoms with Crippen LogP contribution in [0.5, 0.6) is 0 Å². The molecule has 0 saturated carbocycles. The highest BCUT2D eigenvalue weighted by molar-refractivity contribution is 7.91. The molecule has 2 fully saturated rings. The van der Waals surface area contributed by atoms with E-state index in [0.717, 1.165) is 17.1 Å². The first-order chi connectivity index (χ1) is 15.0. The Morgan fingerprint density at radius 2 is 1.78 bits per heavy atom. The maximum absolute atomic E-state index is 13.1. The summed E-state index contributed by atoms with van der Waals surface area (Å²) < 4.78 is 52.9. The van der Waals surface area contributed by atoms with Crippen LogP contribution in [0.2, 0.25) is 0 Å². The van der Waals surface area contributed by atoms with Gasteiger partial charge < -0.3 is 4.90 Å². The predicted octanol–water partition coefficient (Wildman–Crippen LogP) is 1.28. The van der Waals surface area contributed by atoms with Crippen LogP contribution in [0.25, 0.3) is 0 Å². The van der Waals surface area contributed by atoms with Gasteiger partial charge in [0.25, 0.3) is 5.69 Å². The topological polar surface area (TPSA) is 136 Å². The lowest BCUT2D eigenvalue weighted by Crippen LogP contribution is -2.49. The van der Waals surface area contributed by atoms with Gasteiger partial charge in [-0.3, -0.25) is 14.8 Å². The first-order valence-electron chi connectivity index (χ1n) is 10.3. The Hall–Kier alpha value is -2.51. The maximum atomic E-state index is 13.1. The number of rotatable bonds is 5. The molecule has 11 nitrogen and oxygen atoms in total. The summed E-state index contributed by atoms with van der Waals surface area (Å²) >= 11 is 0. The van der Waals surface area contributed by atoms with Gasteiger partial charge in [-0.1, -0.05) is 12.1 Å². The second-order valence-electron chi connectivity index (χ2n) is 8.14. The van der Waals surface area contributed by atoms with Gasteiger partial charge >= 0.3 is 0 Å². The third-order valence-corrected chi connectivity index (χ3v) is 9.77. The lowest BCUT2D eigenvalue weighted by Gasteiger charge is -2.35. The Bertz CT molecular complexity index is 1260. The Morgan fingerprint density at radius 1 is 1.12 bits per heavy atom. The molecule has 2 saturated heterocycles. The molecule has 0 spiro atoms.